The lowest BCUT2D eigenvalue weighted by atomic mass is 10.2. The van der Waals surface area contributed by atoms with Crippen molar-refractivity contribution in [2.45, 2.75) is 33.0 Å². The van der Waals surface area contributed by atoms with Crippen molar-refractivity contribution < 1.29 is 9.47 Å². The first kappa shape index (κ1) is 18.8. The summed E-state index contributed by atoms with van der Waals surface area (Å²) < 4.78 is 11.3. The zero-order chi connectivity index (χ0) is 19.7. The number of hydrogen-bond acceptors (Lipinski definition) is 10. The third-order valence-corrected chi connectivity index (χ3v) is 4.85. The van der Waals surface area contributed by atoms with Crippen molar-refractivity contribution in [1.82, 2.24) is 24.9 Å². The van der Waals surface area contributed by atoms with Crippen molar-refractivity contribution in [3.05, 3.63) is 11.9 Å². The monoisotopic (exact) mass is 386 g/mol. The van der Waals surface area contributed by atoms with Crippen LogP contribution in [0.2, 0.25) is 0 Å². The van der Waals surface area contributed by atoms with Crippen molar-refractivity contribution >= 4 is 17.8 Å². The molecule has 28 heavy (non-hydrogen) atoms. The Morgan fingerprint density at radius 3 is 2.25 bits per heavy atom. The minimum atomic E-state index is 0.109. The van der Waals surface area contributed by atoms with E-state index in [-0.39, 0.29) is 18.2 Å². The molecule has 2 N–H and O–H groups in total. The lowest BCUT2D eigenvalue weighted by molar-refractivity contribution is -0.00572. The highest BCUT2D eigenvalue weighted by Gasteiger charge is 2.26. The van der Waals surface area contributed by atoms with Gasteiger partial charge in [0.15, 0.2) is 5.82 Å². The number of nitrogens with zero attached hydrogens (tertiary/aromatic N) is 7. The molecule has 0 spiro atoms. The van der Waals surface area contributed by atoms with Crippen molar-refractivity contribution in [3.63, 3.8) is 0 Å². The molecule has 0 bridgehead atoms. The Kier molecular flexibility index (Phi) is 5.23. The van der Waals surface area contributed by atoms with Gasteiger partial charge in [-0.15, -0.1) is 0 Å². The Morgan fingerprint density at radius 1 is 0.964 bits per heavy atom. The van der Waals surface area contributed by atoms with E-state index in [1.54, 1.807) is 6.20 Å². The van der Waals surface area contributed by atoms with Crippen LogP contribution >= 0.6 is 0 Å². The van der Waals surface area contributed by atoms with Gasteiger partial charge in [-0.05, 0) is 20.8 Å². The van der Waals surface area contributed by atoms with E-state index in [4.69, 9.17) is 30.2 Å². The molecule has 10 heteroatoms. The number of aryl methyl sites for hydroxylation is 1. The Labute approximate surface area is 164 Å². The molecular weight excluding hydrogens is 360 g/mol. The number of anilines is 3. The van der Waals surface area contributed by atoms with Gasteiger partial charge in [0.2, 0.25) is 17.8 Å². The van der Waals surface area contributed by atoms with E-state index >= 15 is 0 Å². The van der Waals surface area contributed by atoms with Crippen LogP contribution in [-0.2, 0) is 9.47 Å². The highest BCUT2D eigenvalue weighted by Crippen LogP contribution is 2.25. The van der Waals surface area contributed by atoms with Crippen LogP contribution in [0.3, 0.4) is 0 Å². The molecule has 0 radical (unpaired) electrons. The molecule has 2 atom stereocenters. The fourth-order valence-corrected chi connectivity index (χ4v) is 3.57. The molecule has 2 unspecified atom stereocenters. The van der Waals surface area contributed by atoms with E-state index in [0.29, 0.717) is 30.9 Å². The predicted molar refractivity (Wildman–Crippen MR) is 105 cm³/mol. The quantitative estimate of drug-likeness (QED) is 0.807. The summed E-state index contributed by atoms with van der Waals surface area (Å²) in [5.74, 6) is 2.08. The van der Waals surface area contributed by atoms with Crippen LogP contribution < -0.4 is 15.5 Å². The third-order valence-electron chi connectivity index (χ3n) is 4.85. The molecule has 2 fully saturated rings. The first-order valence-electron chi connectivity index (χ1n) is 9.58. The van der Waals surface area contributed by atoms with Crippen molar-refractivity contribution in [2.24, 2.45) is 0 Å². The second-order valence-corrected chi connectivity index (χ2v) is 7.25. The zero-order valence-electron chi connectivity index (χ0n) is 16.5. The largest absolute Gasteiger partial charge is 0.378 e. The molecule has 10 nitrogen and oxygen atoms in total. The van der Waals surface area contributed by atoms with Gasteiger partial charge in [0.25, 0.3) is 0 Å². The number of rotatable bonds is 3. The Morgan fingerprint density at radius 2 is 1.61 bits per heavy atom. The Bertz CT molecular complexity index is 832. The van der Waals surface area contributed by atoms with Crippen LogP contribution in [-0.4, -0.2) is 76.5 Å². The van der Waals surface area contributed by atoms with E-state index in [0.717, 1.165) is 37.4 Å². The minimum Gasteiger partial charge on any atom is -0.378 e. The highest BCUT2D eigenvalue weighted by atomic mass is 16.5. The fraction of sp³-hybridized carbons (Fsp3) is 0.611. The van der Waals surface area contributed by atoms with E-state index < -0.39 is 0 Å². The molecule has 2 aliphatic heterocycles. The van der Waals surface area contributed by atoms with Crippen LogP contribution in [0.5, 0.6) is 0 Å². The molecule has 2 aromatic rings. The summed E-state index contributed by atoms with van der Waals surface area (Å²) in [4.78, 5) is 26.9. The number of aromatic nitrogens is 5. The second kappa shape index (κ2) is 7.80. The van der Waals surface area contributed by atoms with Gasteiger partial charge >= 0.3 is 0 Å². The van der Waals surface area contributed by atoms with Gasteiger partial charge in [-0.2, -0.15) is 15.0 Å². The van der Waals surface area contributed by atoms with Crippen molar-refractivity contribution in [3.8, 4) is 11.4 Å². The highest BCUT2D eigenvalue weighted by molar-refractivity contribution is 5.61. The normalized spacial score (nSPS) is 23.1. The summed E-state index contributed by atoms with van der Waals surface area (Å²) in [5.41, 5.74) is 7.20. The van der Waals surface area contributed by atoms with Gasteiger partial charge in [-0.1, -0.05) is 0 Å². The van der Waals surface area contributed by atoms with Crippen molar-refractivity contribution in [2.75, 3.05) is 54.9 Å². The molecule has 150 valence electrons. The molecule has 0 aliphatic carbocycles. The van der Waals surface area contributed by atoms with Crippen LogP contribution in [0.25, 0.3) is 11.4 Å². The van der Waals surface area contributed by atoms with Gasteiger partial charge in [0, 0.05) is 32.4 Å². The van der Waals surface area contributed by atoms with Gasteiger partial charge in [-0.25, -0.2) is 9.97 Å². The number of nitrogen functional groups attached to an aromatic ring is 1. The number of morpholine rings is 2. The first-order chi connectivity index (χ1) is 13.5. The summed E-state index contributed by atoms with van der Waals surface area (Å²) in [6, 6.07) is 0. The molecule has 0 aromatic carbocycles. The number of nitrogens with two attached hydrogens (primary N) is 1. The molecule has 0 amide bonds. The lowest BCUT2D eigenvalue weighted by Crippen LogP contribution is -2.46. The van der Waals surface area contributed by atoms with Gasteiger partial charge in [0.05, 0.1) is 36.7 Å². The van der Waals surface area contributed by atoms with E-state index in [1.807, 2.05) is 6.92 Å². The van der Waals surface area contributed by atoms with Crippen LogP contribution in [0.4, 0.5) is 17.8 Å². The maximum Gasteiger partial charge on any atom is 0.230 e. The van der Waals surface area contributed by atoms with Crippen LogP contribution in [0.1, 0.15) is 19.5 Å². The number of hydrogen-bond donors (Lipinski definition) is 1. The summed E-state index contributed by atoms with van der Waals surface area (Å²) >= 11 is 0. The minimum absolute atomic E-state index is 0.109. The molecule has 4 rings (SSSR count). The van der Waals surface area contributed by atoms with Gasteiger partial charge < -0.3 is 25.0 Å². The summed E-state index contributed by atoms with van der Waals surface area (Å²) in [6.07, 6.45) is 1.89. The third kappa shape index (κ3) is 3.97. The second-order valence-electron chi connectivity index (χ2n) is 7.25. The van der Waals surface area contributed by atoms with E-state index in [9.17, 15) is 0 Å². The van der Waals surface area contributed by atoms with Crippen LogP contribution in [0, 0.1) is 6.92 Å². The fourth-order valence-electron chi connectivity index (χ4n) is 3.57. The zero-order valence-corrected chi connectivity index (χ0v) is 16.5. The van der Waals surface area contributed by atoms with Gasteiger partial charge in [0.1, 0.15) is 0 Å². The molecule has 2 aromatic heterocycles. The maximum atomic E-state index is 5.86. The molecule has 2 aliphatic rings. The van der Waals surface area contributed by atoms with Gasteiger partial charge in [-0.3, -0.25) is 0 Å². The standard InChI is InChI=1S/C18H26N8O2/c1-11-9-26(10-12(2)28-11)18-23-15(14-8-20-16(19)21-13(14)3)22-17(24-18)25-4-6-27-7-5-25/h8,11-12H,4-7,9-10H2,1-3H3,(H2,19,20,21). The van der Waals surface area contributed by atoms with Crippen molar-refractivity contribution in [1.29, 1.82) is 0 Å². The summed E-state index contributed by atoms with van der Waals surface area (Å²) in [6.45, 7) is 10.3. The van der Waals surface area contributed by atoms with E-state index in [2.05, 4.69) is 33.6 Å². The molecule has 4 heterocycles. The molecule has 0 saturated carbocycles. The summed E-state index contributed by atoms with van der Waals surface area (Å²) in [7, 11) is 0. The topological polar surface area (TPSA) is 115 Å². The predicted octanol–water partition coefficient (Wildman–Crippen LogP) is 0.669. The summed E-state index contributed by atoms with van der Waals surface area (Å²) in [5, 5.41) is 0. The average molecular weight is 386 g/mol. The smallest absolute Gasteiger partial charge is 0.230 e. The maximum absolute atomic E-state index is 5.86. The van der Waals surface area contributed by atoms with Crippen LogP contribution in [0.15, 0.2) is 6.20 Å². The van der Waals surface area contributed by atoms with E-state index in [1.165, 1.54) is 0 Å². The molecule has 2 saturated heterocycles. The first-order valence-corrected chi connectivity index (χ1v) is 9.58. The molecular formula is C18H26N8O2. The number of ether oxygens (including phenoxy) is 2. The Balaban J connectivity index is 1.76. The average Bonchev–Trinajstić information content (AvgIpc) is 2.67. The SMILES string of the molecule is Cc1nc(N)ncc1-c1nc(N2CCOCC2)nc(N2CC(C)OC(C)C2)n1. The lowest BCUT2D eigenvalue weighted by Gasteiger charge is -2.36. The Hall–Kier alpha value is -2.59.